The van der Waals surface area contributed by atoms with Gasteiger partial charge in [-0.1, -0.05) is 68.4 Å². The van der Waals surface area contributed by atoms with Crippen molar-refractivity contribution < 1.29 is 19.1 Å². The van der Waals surface area contributed by atoms with Gasteiger partial charge in [0, 0.05) is 12.1 Å². The number of anilines is 1. The van der Waals surface area contributed by atoms with Crippen LogP contribution in [0.15, 0.2) is 29.2 Å². The van der Waals surface area contributed by atoms with Gasteiger partial charge in [-0.2, -0.15) is 0 Å². The first-order valence-corrected chi connectivity index (χ1v) is 10.5. The van der Waals surface area contributed by atoms with E-state index >= 15 is 0 Å². The van der Waals surface area contributed by atoms with Crippen molar-refractivity contribution in [2.75, 3.05) is 25.1 Å². The van der Waals surface area contributed by atoms with Crippen LogP contribution in [0, 0.1) is 0 Å². The number of amides is 2. The van der Waals surface area contributed by atoms with Crippen LogP contribution >= 0.6 is 24.0 Å². The second kappa shape index (κ2) is 8.87. The molecule has 2 aliphatic heterocycles. The number of benzene rings is 1. The number of hydrogen-bond donors (Lipinski definition) is 0. The topological polar surface area (TPSA) is 66.9 Å². The summed E-state index contributed by atoms with van der Waals surface area (Å²) in [5.74, 6) is -1.17. The molecule has 6 nitrogen and oxygen atoms in total. The highest BCUT2D eigenvalue weighted by molar-refractivity contribution is 8.26. The molecule has 1 saturated heterocycles. The Morgan fingerprint density at radius 1 is 1.11 bits per heavy atom. The van der Waals surface area contributed by atoms with Gasteiger partial charge < -0.3 is 9.64 Å². The molecule has 0 saturated carbocycles. The lowest BCUT2D eigenvalue weighted by Crippen LogP contribution is -2.34. The van der Waals surface area contributed by atoms with E-state index in [2.05, 4.69) is 11.7 Å². The van der Waals surface area contributed by atoms with Crippen molar-refractivity contribution in [2.45, 2.75) is 32.6 Å². The van der Waals surface area contributed by atoms with Gasteiger partial charge in [0.1, 0.15) is 10.9 Å². The molecular formula is C20H22N2O4S2. The first-order valence-electron chi connectivity index (χ1n) is 9.25. The summed E-state index contributed by atoms with van der Waals surface area (Å²) in [6.45, 7) is 2.50. The zero-order chi connectivity index (χ0) is 20.3. The Morgan fingerprint density at radius 3 is 2.57 bits per heavy atom. The minimum atomic E-state index is -0.557. The fraction of sp³-hybridized carbons (Fsp3) is 0.400. The number of esters is 1. The number of ether oxygens (including phenoxy) is 1. The molecule has 0 atom stereocenters. The van der Waals surface area contributed by atoms with Crippen LogP contribution in [0.5, 0.6) is 0 Å². The van der Waals surface area contributed by atoms with Crippen LogP contribution in [0.1, 0.15) is 38.2 Å². The molecule has 0 radical (unpaired) electrons. The maximum atomic E-state index is 13.2. The maximum Gasteiger partial charge on any atom is 0.325 e. The van der Waals surface area contributed by atoms with Crippen molar-refractivity contribution in [2.24, 2.45) is 0 Å². The summed E-state index contributed by atoms with van der Waals surface area (Å²) in [7, 11) is 1.26. The van der Waals surface area contributed by atoms with Crippen LogP contribution < -0.4 is 4.90 Å². The summed E-state index contributed by atoms with van der Waals surface area (Å²) in [4.78, 5) is 40.9. The van der Waals surface area contributed by atoms with Crippen LogP contribution in [-0.2, 0) is 19.1 Å². The molecule has 0 spiro atoms. The second-order valence-corrected chi connectivity index (χ2v) is 8.22. The summed E-state index contributed by atoms with van der Waals surface area (Å²) >= 11 is 6.33. The number of rotatable bonds is 7. The maximum absolute atomic E-state index is 13.2. The molecular weight excluding hydrogens is 396 g/mol. The number of nitrogens with zero attached hydrogens (tertiary/aromatic N) is 2. The average molecular weight is 419 g/mol. The molecule has 0 aliphatic carbocycles. The second-order valence-electron chi connectivity index (χ2n) is 6.57. The first kappa shape index (κ1) is 20.5. The van der Waals surface area contributed by atoms with Crippen molar-refractivity contribution in [3.05, 3.63) is 34.7 Å². The lowest BCUT2D eigenvalue weighted by atomic mass is 10.1. The number of fused-ring (bicyclic) bond motifs is 1. The highest BCUT2D eigenvalue weighted by atomic mass is 32.2. The third-order valence-electron chi connectivity index (χ3n) is 4.75. The van der Waals surface area contributed by atoms with E-state index in [9.17, 15) is 14.4 Å². The Hall–Kier alpha value is -2.19. The summed E-state index contributed by atoms with van der Waals surface area (Å²) in [5.41, 5.74) is 1.93. The van der Waals surface area contributed by atoms with Crippen LogP contribution in [-0.4, -0.2) is 47.2 Å². The van der Waals surface area contributed by atoms with E-state index in [1.54, 1.807) is 4.90 Å². The smallest absolute Gasteiger partial charge is 0.325 e. The van der Waals surface area contributed by atoms with Gasteiger partial charge in [-0.15, -0.1) is 0 Å². The van der Waals surface area contributed by atoms with E-state index in [0.29, 0.717) is 12.1 Å². The zero-order valence-electron chi connectivity index (χ0n) is 15.9. The van der Waals surface area contributed by atoms with Gasteiger partial charge in [-0.3, -0.25) is 19.3 Å². The Kier molecular flexibility index (Phi) is 6.51. The molecule has 2 aliphatic rings. The van der Waals surface area contributed by atoms with Gasteiger partial charge in [0.05, 0.1) is 23.3 Å². The van der Waals surface area contributed by atoms with Crippen LogP contribution in [0.3, 0.4) is 0 Å². The molecule has 0 unspecified atom stereocenters. The summed E-state index contributed by atoms with van der Waals surface area (Å²) in [5, 5.41) is 0. The lowest BCUT2D eigenvalue weighted by molar-refractivity contribution is -0.143. The molecule has 0 bridgehead atoms. The Bertz CT molecular complexity index is 866. The monoisotopic (exact) mass is 418 g/mol. The minimum Gasteiger partial charge on any atom is -0.468 e. The standard InChI is InChI=1S/C20H22N2O4S2/c1-3-4-5-8-11-21-14-10-7-6-9-13(14)16(18(21)24)17-19(25)22(20(27)28-17)12-15(23)26-2/h6-7,9-10H,3-5,8,11-12H2,1-2H3. The van der Waals surface area contributed by atoms with Gasteiger partial charge in [-0.05, 0) is 12.5 Å². The van der Waals surface area contributed by atoms with Crippen LogP contribution in [0.4, 0.5) is 5.69 Å². The molecule has 2 heterocycles. The highest BCUT2D eigenvalue weighted by Crippen LogP contribution is 2.44. The van der Waals surface area contributed by atoms with Gasteiger partial charge in [0.2, 0.25) is 0 Å². The number of hydrogen-bond acceptors (Lipinski definition) is 6. The Balaban J connectivity index is 1.93. The molecule has 1 aromatic carbocycles. The number of carbonyl (C=O) groups excluding carboxylic acids is 3. The van der Waals surface area contributed by atoms with Crippen molar-refractivity contribution in [1.82, 2.24) is 4.90 Å². The summed E-state index contributed by atoms with van der Waals surface area (Å²) in [6.07, 6.45) is 4.21. The number of unbranched alkanes of at least 4 members (excludes halogenated alkanes) is 3. The molecule has 1 fully saturated rings. The number of carbonyl (C=O) groups is 3. The highest BCUT2D eigenvalue weighted by Gasteiger charge is 2.42. The van der Waals surface area contributed by atoms with E-state index < -0.39 is 11.9 Å². The molecule has 0 aromatic heterocycles. The Labute approximate surface area is 173 Å². The predicted octanol–water partition coefficient (Wildman–Crippen LogP) is 3.36. The molecule has 0 N–H and O–H groups in total. The van der Waals surface area contributed by atoms with E-state index in [4.69, 9.17) is 12.2 Å². The van der Waals surface area contributed by atoms with Gasteiger partial charge in [0.25, 0.3) is 11.8 Å². The summed E-state index contributed by atoms with van der Waals surface area (Å²) < 4.78 is 4.89. The number of thiocarbonyl (C=S) groups is 1. The Morgan fingerprint density at radius 2 is 1.86 bits per heavy atom. The SMILES string of the molecule is CCCCCCN1C(=O)C(=C2SC(=S)N(CC(=O)OC)C2=O)c2ccccc21. The molecule has 3 rings (SSSR count). The normalized spacial score (nSPS) is 18.9. The van der Waals surface area contributed by atoms with E-state index in [-0.39, 0.29) is 21.7 Å². The average Bonchev–Trinajstić information content (AvgIpc) is 3.12. The van der Waals surface area contributed by atoms with Gasteiger partial charge in [-0.25, -0.2) is 0 Å². The largest absolute Gasteiger partial charge is 0.468 e. The number of para-hydroxylation sites is 1. The van der Waals surface area contributed by atoms with Crippen LogP contribution in [0.2, 0.25) is 0 Å². The predicted molar refractivity (Wildman–Crippen MR) is 114 cm³/mol. The van der Waals surface area contributed by atoms with Gasteiger partial charge in [0.15, 0.2) is 0 Å². The molecule has 8 heteroatoms. The van der Waals surface area contributed by atoms with Crippen molar-refractivity contribution in [3.8, 4) is 0 Å². The van der Waals surface area contributed by atoms with Gasteiger partial charge >= 0.3 is 5.97 Å². The molecule has 148 valence electrons. The third-order valence-corrected chi connectivity index (χ3v) is 6.20. The van der Waals surface area contributed by atoms with Crippen molar-refractivity contribution >= 4 is 57.3 Å². The number of thioether (sulfide) groups is 1. The minimum absolute atomic E-state index is 0.184. The fourth-order valence-electron chi connectivity index (χ4n) is 3.30. The lowest BCUT2D eigenvalue weighted by Gasteiger charge is -2.16. The molecule has 2 amide bonds. The van der Waals surface area contributed by atoms with Crippen molar-refractivity contribution in [1.29, 1.82) is 0 Å². The number of methoxy groups -OCH3 is 1. The van der Waals surface area contributed by atoms with E-state index in [0.717, 1.165) is 48.7 Å². The summed E-state index contributed by atoms with van der Waals surface area (Å²) in [6, 6.07) is 7.48. The molecule has 28 heavy (non-hydrogen) atoms. The first-order chi connectivity index (χ1) is 13.5. The molecule has 1 aromatic rings. The third kappa shape index (κ3) is 3.84. The van der Waals surface area contributed by atoms with E-state index in [1.807, 2.05) is 24.3 Å². The fourth-order valence-corrected chi connectivity index (χ4v) is 4.62. The zero-order valence-corrected chi connectivity index (χ0v) is 17.5. The van der Waals surface area contributed by atoms with E-state index in [1.165, 1.54) is 12.0 Å². The van der Waals surface area contributed by atoms with Crippen LogP contribution in [0.25, 0.3) is 5.57 Å². The quantitative estimate of drug-likeness (QED) is 0.293. The van der Waals surface area contributed by atoms with Crippen molar-refractivity contribution in [3.63, 3.8) is 0 Å².